The molecule has 3 rings (SSSR count). The van der Waals surface area contributed by atoms with Gasteiger partial charge < -0.3 is 14.5 Å². The van der Waals surface area contributed by atoms with E-state index >= 15 is 0 Å². The summed E-state index contributed by atoms with van der Waals surface area (Å²) in [7, 11) is 0. The number of hydrogen-bond acceptors (Lipinski definition) is 4. The first-order valence-electron chi connectivity index (χ1n) is 8.63. The number of hydrogen-bond donors (Lipinski definition) is 1. The molecule has 0 saturated carbocycles. The second-order valence-corrected chi connectivity index (χ2v) is 6.18. The molecule has 0 aliphatic carbocycles. The van der Waals surface area contributed by atoms with Gasteiger partial charge in [-0.3, -0.25) is 9.59 Å². The van der Waals surface area contributed by atoms with E-state index in [9.17, 15) is 9.59 Å². The van der Waals surface area contributed by atoms with Crippen molar-refractivity contribution in [3.8, 4) is 11.3 Å². The van der Waals surface area contributed by atoms with Gasteiger partial charge in [0.15, 0.2) is 0 Å². The predicted octanol–water partition coefficient (Wildman–Crippen LogP) is 3.77. The number of carboxylic acid groups (broad SMARTS) is 1. The van der Waals surface area contributed by atoms with Gasteiger partial charge in [0.2, 0.25) is 0 Å². The van der Waals surface area contributed by atoms with Crippen molar-refractivity contribution >= 4 is 11.9 Å². The Hall–Kier alpha value is -3.41. The van der Waals surface area contributed by atoms with Crippen molar-refractivity contribution in [2.45, 2.75) is 19.9 Å². The standard InChI is InChI=1S/C21H20N2O4/c1-15-19(20(22-27-15)17-10-6-3-7-11-17)21(26)23(13-12-18(24)25)14-16-8-4-2-5-9-16/h2-11H,12-14H2,1H3,(H,24,25). The van der Waals surface area contributed by atoms with E-state index < -0.39 is 5.97 Å². The van der Waals surface area contributed by atoms with Gasteiger partial charge in [0.25, 0.3) is 5.91 Å². The maximum Gasteiger partial charge on any atom is 0.305 e. The molecule has 0 atom stereocenters. The van der Waals surface area contributed by atoms with Crippen molar-refractivity contribution in [1.82, 2.24) is 10.1 Å². The van der Waals surface area contributed by atoms with Gasteiger partial charge in [-0.2, -0.15) is 0 Å². The van der Waals surface area contributed by atoms with E-state index in [2.05, 4.69) is 5.16 Å². The Morgan fingerprint density at radius 2 is 1.67 bits per heavy atom. The van der Waals surface area contributed by atoms with Crippen LogP contribution in [0.15, 0.2) is 65.2 Å². The third-order valence-electron chi connectivity index (χ3n) is 4.22. The van der Waals surface area contributed by atoms with Gasteiger partial charge in [0.05, 0.1) is 6.42 Å². The first-order chi connectivity index (χ1) is 13.1. The molecule has 27 heavy (non-hydrogen) atoms. The molecule has 1 heterocycles. The van der Waals surface area contributed by atoms with E-state index in [1.165, 1.54) is 4.90 Å². The highest BCUT2D eigenvalue weighted by molar-refractivity contribution is 6.00. The van der Waals surface area contributed by atoms with Gasteiger partial charge in [-0.05, 0) is 12.5 Å². The third-order valence-corrected chi connectivity index (χ3v) is 4.22. The summed E-state index contributed by atoms with van der Waals surface area (Å²) >= 11 is 0. The minimum Gasteiger partial charge on any atom is -0.481 e. The molecule has 1 amide bonds. The molecular formula is C21H20N2O4. The Balaban J connectivity index is 1.94. The van der Waals surface area contributed by atoms with Crippen LogP contribution in [0, 0.1) is 6.92 Å². The largest absolute Gasteiger partial charge is 0.481 e. The Morgan fingerprint density at radius 1 is 1.04 bits per heavy atom. The molecule has 0 aliphatic heterocycles. The van der Waals surface area contributed by atoms with Crippen LogP contribution < -0.4 is 0 Å². The number of carboxylic acids is 1. The highest BCUT2D eigenvalue weighted by atomic mass is 16.5. The smallest absolute Gasteiger partial charge is 0.305 e. The molecule has 3 aromatic rings. The summed E-state index contributed by atoms with van der Waals surface area (Å²) in [5.41, 5.74) is 2.52. The molecule has 1 N–H and O–H groups in total. The minimum absolute atomic E-state index is 0.0991. The monoisotopic (exact) mass is 364 g/mol. The summed E-state index contributed by atoms with van der Waals surface area (Å²) in [6.45, 7) is 2.10. The topological polar surface area (TPSA) is 83.6 Å². The molecule has 0 fully saturated rings. The summed E-state index contributed by atoms with van der Waals surface area (Å²) in [5, 5.41) is 13.1. The average Bonchev–Trinajstić information content (AvgIpc) is 3.07. The molecular weight excluding hydrogens is 344 g/mol. The van der Waals surface area contributed by atoms with Crippen molar-refractivity contribution in [3.05, 3.63) is 77.6 Å². The molecule has 0 unspecified atom stereocenters. The van der Waals surface area contributed by atoms with Crippen LogP contribution in [0.25, 0.3) is 11.3 Å². The fourth-order valence-electron chi connectivity index (χ4n) is 2.86. The fourth-order valence-corrected chi connectivity index (χ4v) is 2.86. The van der Waals surface area contributed by atoms with E-state index in [0.29, 0.717) is 23.6 Å². The van der Waals surface area contributed by atoms with E-state index in [-0.39, 0.29) is 18.9 Å². The van der Waals surface area contributed by atoms with Crippen molar-refractivity contribution in [2.75, 3.05) is 6.54 Å². The number of aliphatic carboxylic acids is 1. The number of carbonyl (C=O) groups excluding carboxylic acids is 1. The molecule has 6 heteroatoms. The van der Waals surface area contributed by atoms with Crippen LogP contribution in [0.4, 0.5) is 0 Å². The average molecular weight is 364 g/mol. The minimum atomic E-state index is -0.953. The molecule has 2 aromatic carbocycles. The molecule has 6 nitrogen and oxygen atoms in total. The molecule has 138 valence electrons. The molecule has 1 aromatic heterocycles. The Labute approximate surface area is 157 Å². The van der Waals surface area contributed by atoms with Crippen LogP contribution in [0.2, 0.25) is 0 Å². The normalized spacial score (nSPS) is 10.6. The van der Waals surface area contributed by atoms with Crippen molar-refractivity contribution in [3.63, 3.8) is 0 Å². The third kappa shape index (κ3) is 4.41. The van der Waals surface area contributed by atoms with E-state index in [1.807, 2.05) is 60.7 Å². The number of amides is 1. The van der Waals surface area contributed by atoms with Crippen molar-refractivity contribution in [2.24, 2.45) is 0 Å². The summed E-state index contributed by atoms with van der Waals surface area (Å²) in [4.78, 5) is 25.8. The van der Waals surface area contributed by atoms with E-state index in [0.717, 1.165) is 11.1 Å². The number of aryl methyl sites for hydroxylation is 1. The van der Waals surface area contributed by atoms with Crippen LogP contribution in [0.5, 0.6) is 0 Å². The summed E-state index contributed by atoms with van der Waals surface area (Å²) in [5.74, 6) is -0.837. The zero-order valence-electron chi connectivity index (χ0n) is 15.0. The summed E-state index contributed by atoms with van der Waals surface area (Å²) in [6.07, 6.45) is -0.135. The fraction of sp³-hybridized carbons (Fsp3) is 0.190. The van der Waals surface area contributed by atoms with Crippen LogP contribution >= 0.6 is 0 Å². The highest BCUT2D eigenvalue weighted by Gasteiger charge is 2.26. The lowest BCUT2D eigenvalue weighted by Crippen LogP contribution is -2.33. The van der Waals surface area contributed by atoms with Gasteiger partial charge in [-0.1, -0.05) is 65.8 Å². The number of carbonyl (C=O) groups is 2. The lowest BCUT2D eigenvalue weighted by Gasteiger charge is -2.22. The summed E-state index contributed by atoms with van der Waals surface area (Å²) < 4.78 is 5.28. The van der Waals surface area contributed by atoms with E-state index in [1.54, 1.807) is 6.92 Å². The number of nitrogens with zero attached hydrogens (tertiary/aromatic N) is 2. The Morgan fingerprint density at radius 3 is 2.30 bits per heavy atom. The molecule has 0 spiro atoms. The summed E-state index contributed by atoms with van der Waals surface area (Å²) in [6, 6.07) is 18.8. The van der Waals surface area contributed by atoms with Gasteiger partial charge in [-0.15, -0.1) is 0 Å². The lowest BCUT2D eigenvalue weighted by atomic mass is 10.0. The number of rotatable bonds is 7. The zero-order chi connectivity index (χ0) is 19.2. The van der Waals surface area contributed by atoms with Gasteiger partial charge in [-0.25, -0.2) is 0 Å². The second kappa shape index (κ2) is 8.31. The first kappa shape index (κ1) is 18.4. The van der Waals surface area contributed by atoms with Gasteiger partial charge >= 0.3 is 5.97 Å². The van der Waals surface area contributed by atoms with Crippen molar-refractivity contribution < 1.29 is 19.2 Å². The van der Waals surface area contributed by atoms with Gasteiger partial charge in [0, 0.05) is 18.7 Å². The SMILES string of the molecule is Cc1onc(-c2ccccc2)c1C(=O)N(CCC(=O)O)Cc1ccccc1. The predicted molar refractivity (Wildman–Crippen MR) is 100 cm³/mol. The quantitative estimate of drug-likeness (QED) is 0.690. The maximum atomic E-state index is 13.3. The lowest BCUT2D eigenvalue weighted by molar-refractivity contribution is -0.137. The number of aromatic nitrogens is 1. The van der Waals surface area contributed by atoms with Crippen LogP contribution in [0.1, 0.15) is 28.1 Å². The van der Waals surface area contributed by atoms with Crippen molar-refractivity contribution in [1.29, 1.82) is 0 Å². The molecule has 0 bridgehead atoms. The second-order valence-electron chi connectivity index (χ2n) is 6.18. The van der Waals surface area contributed by atoms with Crippen LogP contribution in [-0.2, 0) is 11.3 Å². The van der Waals surface area contributed by atoms with Gasteiger partial charge in [0.1, 0.15) is 17.0 Å². The van der Waals surface area contributed by atoms with E-state index in [4.69, 9.17) is 9.63 Å². The maximum absolute atomic E-state index is 13.3. The zero-order valence-corrected chi connectivity index (χ0v) is 15.0. The van der Waals surface area contributed by atoms with Crippen LogP contribution in [0.3, 0.4) is 0 Å². The highest BCUT2D eigenvalue weighted by Crippen LogP contribution is 2.27. The first-order valence-corrected chi connectivity index (χ1v) is 8.63. The molecule has 0 aliphatic rings. The number of benzene rings is 2. The Kier molecular flexibility index (Phi) is 5.66. The molecule has 0 radical (unpaired) electrons. The van der Waals surface area contributed by atoms with Crippen LogP contribution in [-0.4, -0.2) is 33.6 Å². The molecule has 0 saturated heterocycles. The Bertz CT molecular complexity index is 920.